The predicted molar refractivity (Wildman–Crippen MR) is 82.0 cm³/mol. The van der Waals surface area contributed by atoms with E-state index in [4.69, 9.17) is 10.5 Å². The number of amides is 1. The molecule has 0 aromatic heterocycles. The van der Waals surface area contributed by atoms with Crippen LogP contribution in [0.25, 0.3) is 0 Å². The molecule has 0 heterocycles. The van der Waals surface area contributed by atoms with Crippen molar-refractivity contribution < 1.29 is 9.53 Å². The second-order valence-electron chi connectivity index (χ2n) is 4.31. The first kappa shape index (κ1) is 15.7. The van der Waals surface area contributed by atoms with Crippen LogP contribution in [0.5, 0.6) is 5.75 Å². The molecule has 4 nitrogen and oxygen atoms in total. The molecule has 0 saturated carbocycles. The Morgan fingerprint density at radius 2 is 2.26 bits per heavy atom. The lowest BCUT2D eigenvalue weighted by Crippen LogP contribution is -2.33. The van der Waals surface area contributed by atoms with Gasteiger partial charge in [0, 0.05) is 11.7 Å². The highest BCUT2D eigenvalue weighted by Crippen LogP contribution is 2.19. The van der Waals surface area contributed by atoms with Crippen LogP contribution >= 0.6 is 11.8 Å². The van der Waals surface area contributed by atoms with Gasteiger partial charge in [0.05, 0.1) is 12.7 Å². The van der Waals surface area contributed by atoms with E-state index < -0.39 is 0 Å². The van der Waals surface area contributed by atoms with E-state index >= 15 is 0 Å². The third-order valence-electron chi connectivity index (χ3n) is 2.78. The minimum atomic E-state index is -0.148. The van der Waals surface area contributed by atoms with Gasteiger partial charge in [-0.05, 0) is 43.0 Å². The molecule has 106 valence electrons. The molecule has 0 fully saturated rings. The highest BCUT2D eigenvalue weighted by molar-refractivity contribution is 7.99. The van der Waals surface area contributed by atoms with Crippen molar-refractivity contribution in [3.63, 3.8) is 0 Å². The number of hydrogen-bond donors (Lipinski definition) is 2. The van der Waals surface area contributed by atoms with Crippen molar-refractivity contribution >= 4 is 23.4 Å². The number of methoxy groups -OCH3 is 1. The zero-order valence-electron chi connectivity index (χ0n) is 11.7. The average Bonchev–Trinajstić information content (AvgIpc) is 2.39. The van der Waals surface area contributed by atoms with Crippen molar-refractivity contribution in [2.24, 2.45) is 0 Å². The molecule has 0 spiro atoms. The van der Waals surface area contributed by atoms with Gasteiger partial charge in [-0.25, -0.2) is 0 Å². The van der Waals surface area contributed by atoms with Crippen molar-refractivity contribution in [1.82, 2.24) is 5.32 Å². The molecule has 0 aliphatic carbocycles. The van der Waals surface area contributed by atoms with Gasteiger partial charge in [0.1, 0.15) is 5.75 Å². The Hall–Kier alpha value is -1.36. The molecule has 0 radical (unpaired) electrons. The van der Waals surface area contributed by atoms with Gasteiger partial charge < -0.3 is 15.8 Å². The number of carbonyl (C=O) groups is 1. The van der Waals surface area contributed by atoms with Gasteiger partial charge in [-0.2, -0.15) is 11.8 Å². The van der Waals surface area contributed by atoms with Crippen LogP contribution in [0.3, 0.4) is 0 Å². The number of nitrogen functional groups attached to an aromatic ring is 1. The summed E-state index contributed by atoms with van der Waals surface area (Å²) in [5, 5.41) is 2.96. The maximum absolute atomic E-state index is 12.1. The van der Waals surface area contributed by atoms with Crippen LogP contribution in [0, 0.1) is 0 Å². The van der Waals surface area contributed by atoms with Crippen molar-refractivity contribution in [2.75, 3.05) is 24.3 Å². The first-order chi connectivity index (χ1) is 9.08. The summed E-state index contributed by atoms with van der Waals surface area (Å²) in [6, 6.07) is 5.23. The summed E-state index contributed by atoms with van der Waals surface area (Å²) >= 11 is 1.87. The standard InChI is InChI=1S/C14H22N2O2S/c1-4-19-8-7-10(2)16-14(17)12-9-11(18-3)5-6-13(12)15/h5-6,9-10H,4,7-8,15H2,1-3H3,(H,16,17). The summed E-state index contributed by atoms with van der Waals surface area (Å²) in [5.74, 6) is 2.63. The molecule has 5 heteroatoms. The summed E-state index contributed by atoms with van der Waals surface area (Å²) in [6.45, 7) is 4.13. The summed E-state index contributed by atoms with van der Waals surface area (Å²) in [6.07, 6.45) is 0.952. The van der Waals surface area contributed by atoms with Gasteiger partial charge in [0.25, 0.3) is 5.91 Å². The quantitative estimate of drug-likeness (QED) is 0.596. The second-order valence-corrected chi connectivity index (χ2v) is 5.71. The lowest BCUT2D eigenvalue weighted by molar-refractivity contribution is 0.0940. The molecular weight excluding hydrogens is 260 g/mol. The van der Waals surface area contributed by atoms with Gasteiger partial charge >= 0.3 is 0 Å². The number of ether oxygens (including phenoxy) is 1. The molecule has 1 atom stereocenters. The molecule has 1 amide bonds. The SMILES string of the molecule is CCSCCC(C)NC(=O)c1cc(OC)ccc1N. The summed E-state index contributed by atoms with van der Waals surface area (Å²) < 4.78 is 5.11. The summed E-state index contributed by atoms with van der Waals surface area (Å²) in [5.41, 5.74) is 6.76. The molecular formula is C14H22N2O2S. The molecule has 1 rings (SSSR count). The molecule has 1 aromatic rings. The van der Waals surface area contributed by atoms with E-state index in [0.717, 1.165) is 17.9 Å². The Bertz CT molecular complexity index is 424. The number of nitrogens with one attached hydrogen (secondary N) is 1. The van der Waals surface area contributed by atoms with Crippen molar-refractivity contribution in [2.45, 2.75) is 26.3 Å². The van der Waals surface area contributed by atoms with E-state index in [1.165, 1.54) is 0 Å². The van der Waals surface area contributed by atoms with Gasteiger partial charge in [-0.1, -0.05) is 6.92 Å². The van der Waals surface area contributed by atoms with Crippen LogP contribution < -0.4 is 15.8 Å². The topological polar surface area (TPSA) is 64.3 Å². The molecule has 0 saturated heterocycles. The highest BCUT2D eigenvalue weighted by Gasteiger charge is 2.13. The lowest BCUT2D eigenvalue weighted by atomic mass is 10.1. The number of hydrogen-bond acceptors (Lipinski definition) is 4. The first-order valence-electron chi connectivity index (χ1n) is 6.40. The van der Waals surface area contributed by atoms with Crippen LogP contribution in [0.4, 0.5) is 5.69 Å². The number of thioether (sulfide) groups is 1. The highest BCUT2D eigenvalue weighted by atomic mass is 32.2. The van der Waals surface area contributed by atoms with Crippen LogP contribution in [0.1, 0.15) is 30.6 Å². The number of benzene rings is 1. The molecule has 0 aliphatic heterocycles. The Balaban J connectivity index is 2.62. The van der Waals surface area contributed by atoms with Gasteiger partial charge in [0.2, 0.25) is 0 Å². The van der Waals surface area contributed by atoms with Crippen LogP contribution in [-0.4, -0.2) is 30.6 Å². The van der Waals surface area contributed by atoms with Gasteiger partial charge in [-0.15, -0.1) is 0 Å². The fraction of sp³-hybridized carbons (Fsp3) is 0.500. The largest absolute Gasteiger partial charge is 0.497 e. The third kappa shape index (κ3) is 5.03. The Labute approximate surface area is 119 Å². The summed E-state index contributed by atoms with van der Waals surface area (Å²) in [4.78, 5) is 12.1. The van der Waals surface area contributed by atoms with E-state index in [2.05, 4.69) is 12.2 Å². The van der Waals surface area contributed by atoms with Crippen LogP contribution in [-0.2, 0) is 0 Å². The first-order valence-corrected chi connectivity index (χ1v) is 7.56. The third-order valence-corrected chi connectivity index (χ3v) is 3.71. The summed E-state index contributed by atoms with van der Waals surface area (Å²) in [7, 11) is 1.57. The molecule has 0 aliphatic rings. The zero-order valence-corrected chi connectivity index (χ0v) is 12.5. The Morgan fingerprint density at radius 3 is 2.89 bits per heavy atom. The van der Waals surface area contributed by atoms with Gasteiger partial charge in [-0.3, -0.25) is 4.79 Å². The van der Waals surface area contributed by atoms with E-state index in [1.807, 2.05) is 18.7 Å². The van der Waals surface area contributed by atoms with Crippen molar-refractivity contribution in [3.05, 3.63) is 23.8 Å². The molecule has 1 aromatic carbocycles. The van der Waals surface area contributed by atoms with E-state index in [-0.39, 0.29) is 11.9 Å². The van der Waals surface area contributed by atoms with E-state index in [1.54, 1.807) is 25.3 Å². The normalized spacial score (nSPS) is 11.9. The Kier molecular flexibility index (Phi) is 6.56. The van der Waals surface area contributed by atoms with Crippen molar-refractivity contribution in [1.29, 1.82) is 0 Å². The minimum Gasteiger partial charge on any atom is -0.497 e. The minimum absolute atomic E-state index is 0.136. The zero-order chi connectivity index (χ0) is 14.3. The van der Waals surface area contributed by atoms with Crippen LogP contribution in [0.15, 0.2) is 18.2 Å². The Morgan fingerprint density at radius 1 is 1.53 bits per heavy atom. The smallest absolute Gasteiger partial charge is 0.253 e. The van der Waals surface area contributed by atoms with E-state index in [9.17, 15) is 4.79 Å². The van der Waals surface area contributed by atoms with Crippen molar-refractivity contribution in [3.8, 4) is 5.75 Å². The lowest BCUT2D eigenvalue weighted by Gasteiger charge is -2.15. The second kappa shape index (κ2) is 7.94. The maximum atomic E-state index is 12.1. The molecule has 1 unspecified atom stereocenters. The monoisotopic (exact) mass is 282 g/mol. The van der Waals surface area contributed by atoms with Crippen LogP contribution in [0.2, 0.25) is 0 Å². The fourth-order valence-electron chi connectivity index (χ4n) is 1.64. The number of rotatable bonds is 7. The number of anilines is 1. The average molecular weight is 282 g/mol. The predicted octanol–water partition coefficient (Wildman–Crippen LogP) is 2.54. The van der Waals surface area contributed by atoms with Gasteiger partial charge in [0.15, 0.2) is 0 Å². The molecule has 3 N–H and O–H groups in total. The molecule has 0 bridgehead atoms. The van der Waals surface area contributed by atoms with E-state index in [0.29, 0.717) is 17.0 Å². The molecule has 19 heavy (non-hydrogen) atoms. The number of nitrogens with two attached hydrogens (primary N) is 1. The number of carbonyl (C=O) groups excluding carboxylic acids is 1. The maximum Gasteiger partial charge on any atom is 0.253 e. The fourth-order valence-corrected chi connectivity index (χ4v) is 2.45.